The zero-order valence-electron chi connectivity index (χ0n) is 19.3. The van der Waals surface area contributed by atoms with Crippen LogP contribution in [0.1, 0.15) is 6.42 Å². The predicted octanol–water partition coefficient (Wildman–Crippen LogP) is -0.219. The number of aromatic hydroxyl groups is 3. The lowest BCUT2D eigenvalue weighted by molar-refractivity contribution is -0.278. The Morgan fingerprint density at radius 1 is 0.921 bits per heavy atom. The molecule has 0 radical (unpaired) electrons. The van der Waals surface area contributed by atoms with Gasteiger partial charge in [-0.05, 0) is 24.3 Å². The Morgan fingerprint density at radius 3 is 2.26 bits per heavy atom. The van der Waals surface area contributed by atoms with Crippen molar-refractivity contribution < 1.29 is 64.0 Å². The summed E-state index contributed by atoms with van der Waals surface area (Å²) in [5, 5.41) is 69.3. The van der Waals surface area contributed by atoms with Gasteiger partial charge >= 0.3 is 11.9 Å². The fourth-order valence-corrected chi connectivity index (χ4v) is 3.75. The molecular weight excluding hydrogens is 512 g/mol. The number of carbonyl (C=O) groups is 2. The lowest BCUT2D eigenvalue weighted by Crippen LogP contribution is -2.60. The standard InChI is InChI=1S/C24H22O14/c25-10-3-1-9(2-4-10)12-5-11(26)18-13(36-12)6-14(19(30)21(18)32)37-24-23(34)22(33)20(31)15(38-24)8-35-17(29)7-16(27)28/h1-6,15,20,22-25,30-34H,7-8H2,(H,27,28)/t15-,20+,22-,23+,24+/m0/s1. The lowest BCUT2D eigenvalue weighted by atomic mass is 9.99. The van der Waals surface area contributed by atoms with Crippen molar-refractivity contribution in [2.24, 2.45) is 0 Å². The number of phenolic OH excluding ortho intramolecular Hbond substituents is 3. The van der Waals surface area contributed by atoms with Crippen LogP contribution in [-0.2, 0) is 19.1 Å². The van der Waals surface area contributed by atoms with E-state index in [9.17, 15) is 45.0 Å². The van der Waals surface area contributed by atoms with Crippen molar-refractivity contribution in [1.29, 1.82) is 0 Å². The normalized spacial score (nSPS) is 23.2. The van der Waals surface area contributed by atoms with Crippen molar-refractivity contribution in [2.75, 3.05) is 6.61 Å². The minimum Gasteiger partial charge on any atom is -0.508 e. The molecule has 2 aromatic carbocycles. The number of phenols is 3. The highest BCUT2D eigenvalue weighted by atomic mass is 16.7. The number of fused-ring (bicyclic) bond motifs is 1. The number of carboxylic acids is 1. The van der Waals surface area contributed by atoms with E-state index in [2.05, 4.69) is 0 Å². The summed E-state index contributed by atoms with van der Waals surface area (Å²) in [7, 11) is 0. The third-order valence-electron chi connectivity index (χ3n) is 5.70. The first-order chi connectivity index (χ1) is 18.0. The van der Waals surface area contributed by atoms with Crippen molar-refractivity contribution >= 4 is 22.9 Å². The van der Waals surface area contributed by atoms with Crippen LogP contribution in [0.25, 0.3) is 22.3 Å². The summed E-state index contributed by atoms with van der Waals surface area (Å²) in [5.74, 6) is -4.96. The molecule has 0 spiro atoms. The third-order valence-corrected chi connectivity index (χ3v) is 5.70. The highest BCUT2D eigenvalue weighted by Crippen LogP contribution is 2.42. The summed E-state index contributed by atoms with van der Waals surface area (Å²) >= 11 is 0. The molecule has 14 nitrogen and oxygen atoms in total. The molecule has 202 valence electrons. The molecule has 5 atom stereocenters. The van der Waals surface area contributed by atoms with Crippen LogP contribution in [0.3, 0.4) is 0 Å². The number of hydrogen-bond donors (Lipinski definition) is 7. The summed E-state index contributed by atoms with van der Waals surface area (Å²) in [5.41, 5.74) is -0.555. The fourth-order valence-electron chi connectivity index (χ4n) is 3.75. The molecule has 0 aliphatic carbocycles. The molecule has 1 fully saturated rings. The number of aliphatic hydroxyl groups is 3. The first-order valence-electron chi connectivity index (χ1n) is 11.0. The Balaban J connectivity index is 1.63. The second kappa shape index (κ2) is 10.5. The van der Waals surface area contributed by atoms with E-state index >= 15 is 0 Å². The van der Waals surface area contributed by atoms with Gasteiger partial charge in [-0.25, -0.2) is 0 Å². The molecule has 14 heteroatoms. The van der Waals surface area contributed by atoms with Crippen molar-refractivity contribution in [3.8, 4) is 34.3 Å². The minimum atomic E-state index is -1.90. The molecule has 3 aromatic rings. The summed E-state index contributed by atoms with van der Waals surface area (Å²) in [6, 6.07) is 7.75. The van der Waals surface area contributed by atoms with E-state index in [0.29, 0.717) is 5.56 Å². The highest BCUT2D eigenvalue weighted by Gasteiger charge is 2.46. The zero-order valence-corrected chi connectivity index (χ0v) is 19.3. The first kappa shape index (κ1) is 26.7. The molecule has 38 heavy (non-hydrogen) atoms. The van der Waals surface area contributed by atoms with Gasteiger partial charge in [-0.2, -0.15) is 0 Å². The van der Waals surface area contributed by atoms with Gasteiger partial charge in [0.15, 0.2) is 16.9 Å². The zero-order chi connectivity index (χ0) is 27.7. The van der Waals surface area contributed by atoms with E-state index in [0.717, 1.165) is 12.1 Å². The maximum absolute atomic E-state index is 12.7. The van der Waals surface area contributed by atoms with Gasteiger partial charge in [0.2, 0.25) is 12.0 Å². The molecule has 0 unspecified atom stereocenters. The van der Waals surface area contributed by atoms with Crippen molar-refractivity contribution in [1.82, 2.24) is 0 Å². The fraction of sp³-hybridized carbons (Fsp3) is 0.292. The monoisotopic (exact) mass is 534 g/mol. The maximum Gasteiger partial charge on any atom is 0.317 e. The Bertz CT molecular complexity index is 1410. The number of benzene rings is 2. The molecule has 0 saturated carbocycles. The number of rotatable bonds is 7. The van der Waals surface area contributed by atoms with E-state index in [1.807, 2.05) is 0 Å². The first-order valence-corrected chi connectivity index (χ1v) is 11.0. The number of carbonyl (C=O) groups excluding carboxylic acids is 1. The molecule has 7 N–H and O–H groups in total. The van der Waals surface area contributed by atoms with Gasteiger partial charge in [0, 0.05) is 17.7 Å². The topological polar surface area (TPSA) is 234 Å². The van der Waals surface area contributed by atoms with Crippen LogP contribution in [0.5, 0.6) is 23.0 Å². The van der Waals surface area contributed by atoms with Crippen LogP contribution >= 0.6 is 0 Å². The van der Waals surface area contributed by atoms with Gasteiger partial charge in [0.1, 0.15) is 59.9 Å². The molecule has 1 aliphatic heterocycles. The predicted molar refractivity (Wildman–Crippen MR) is 123 cm³/mol. The Morgan fingerprint density at radius 2 is 1.61 bits per heavy atom. The van der Waals surface area contributed by atoms with E-state index in [1.165, 1.54) is 24.3 Å². The van der Waals surface area contributed by atoms with Crippen LogP contribution in [0.15, 0.2) is 45.6 Å². The van der Waals surface area contributed by atoms with Gasteiger partial charge in [0.25, 0.3) is 0 Å². The third kappa shape index (κ3) is 5.33. The van der Waals surface area contributed by atoms with Gasteiger partial charge in [-0.15, -0.1) is 0 Å². The van der Waals surface area contributed by atoms with Gasteiger partial charge < -0.3 is 54.4 Å². The Kier molecular flexibility index (Phi) is 7.41. The lowest BCUT2D eigenvalue weighted by Gasteiger charge is -2.39. The average molecular weight is 534 g/mol. The van der Waals surface area contributed by atoms with Crippen molar-refractivity contribution in [3.05, 3.63) is 46.6 Å². The average Bonchev–Trinajstić information content (AvgIpc) is 2.86. The van der Waals surface area contributed by atoms with Gasteiger partial charge in [-0.1, -0.05) is 0 Å². The van der Waals surface area contributed by atoms with Crippen LogP contribution in [0.2, 0.25) is 0 Å². The number of carboxylic acid groups (broad SMARTS) is 1. The second-order valence-electron chi connectivity index (χ2n) is 8.35. The number of aliphatic carboxylic acids is 1. The molecule has 2 heterocycles. The van der Waals surface area contributed by atoms with E-state index in [-0.39, 0.29) is 22.5 Å². The SMILES string of the molecule is O=C(O)CC(=O)OC[C@@H]1O[C@@H](Oc2cc3oc(-c4ccc(O)cc4)cc(=O)c3c(O)c2O)[C@H](O)[C@@H](O)[C@@H]1O. The quantitative estimate of drug-likeness (QED) is 0.118. The number of hydrogen-bond acceptors (Lipinski definition) is 13. The van der Waals surface area contributed by atoms with Crippen LogP contribution in [-0.4, -0.2) is 85.0 Å². The highest BCUT2D eigenvalue weighted by molar-refractivity contribution is 5.90. The summed E-state index contributed by atoms with van der Waals surface area (Å²) in [6.45, 7) is -0.712. The number of esters is 1. The van der Waals surface area contributed by atoms with E-state index < -0.39 is 78.3 Å². The van der Waals surface area contributed by atoms with Crippen LogP contribution in [0.4, 0.5) is 0 Å². The molecule has 0 bridgehead atoms. The maximum atomic E-state index is 12.7. The Labute approximate surface area is 212 Å². The molecule has 1 aromatic heterocycles. The molecule has 0 amide bonds. The molecule has 1 saturated heterocycles. The second-order valence-corrected chi connectivity index (χ2v) is 8.35. The Hall–Kier alpha value is -4.37. The molecular formula is C24H22O14. The van der Waals surface area contributed by atoms with Crippen LogP contribution < -0.4 is 10.2 Å². The summed E-state index contributed by atoms with van der Waals surface area (Å²) < 4.78 is 21.2. The summed E-state index contributed by atoms with van der Waals surface area (Å²) in [6.07, 6.45) is -9.80. The minimum absolute atomic E-state index is 0.0246. The number of ether oxygens (including phenoxy) is 3. The molecule has 4 rings (SSSR count). The van der Waals surface area contributed by atoms with E-state index in [1.54, 1.807) is 0 Å². The van der Waals surface area contributed by atoms with Gasteiger partial charge in [0.05, 0.1) is 0 Å². The van der Waals surface area contributed by atoms with Crippen molar-refractivity contribution in [3.63, 3.8) is 0 Å². The van der Waals surface area contributed by atoms with E-state index in [4.69, 9.17) is 23.7 Å². The van der Waals surface area contributed by atoms with Crippen molar-refractivity contribution in [2.45, 2.75) is 37.1 Å². The van der Waals surface area contributed by atoms with Crippen LogP contribution in [0, 0.1) is 0 Å². The summed E-state index contributed by atoms with van der Waals surface area (Å²) in [4.78, 5) is 34.8. The van der Waals surface area contributed by atoms with Gasteiger partial charge in [-0.3, -0.25) is 14.4 Å². The largest absolute Gasteiger partial charge is 0.508 e. The molecule has 1 aliphatic rings. The number of aliphatic hydroxyl groups excluding tert-OH is 3. The smallest absolute Gasteiger partial charge is 0.317 e.